The molecule has 0 amide bonds. The van der Waals surface area contributed by atoms with Gasteiger partial charge in [0.15, 0.2) is 5.41 Å². The minimum atomic E-state index is -1.59. The molecule has 1 rings (SSSR count). The van der Waals surface area contributed by atoms with Crippen LogP contribution in [-0.2, 0) is 20.9 Å². The van der Waals surface area contributed by atoms with Gasteiger partial charge in [-0.2, -0.15) is 0 Å². The minimum absolute atomic E-state index is 0.0392. The molecular formula is C13H15ClO4. The Morgan fingerprint density at radius 2 is 1.94 bits per heavy atom. The maximum atomic E-state index is 11.8. The van der Waals surface area contributed by atoms with Crippen LogP contribution in [0.1, 0.15) is 18.9 Å². The average molecular weight is 271 g/mol. The predicted molar refractivity (Wildman–Crippen MR) is 67.3 cm³/mol. The van der Waals surface area contributed by atoms with Crippen molar-refractivity contribution < 1.29 is 19.4 Å². The monoisotopic (exact) mass is 270 g/mol. The van der Waals surface area contributed by atoms with Gasteiger partial charge in [0.25, 0.3) is 0 Å². The molecule has 5 heteroatoms. The highest BCUT2D eigenvalue weighted by molar-refractivity contribution is 6.18. The molecule has 0 fully saturated rings. The third-order valence-corrected chi connectivity index (χ3v) is 2.92. The van der Waals surface area contributed by atoms with Crippen LogP contribution in [0.4, 0.5) is 0 Å². The Kier molecular flexibility index (Phi) is 5.16. The number of benzene rings is 1. The smallest absolute Gasteiger partial charge is 0.323 e. The summed E-state index contributed by atoms with van der Waals surface area (Å²) in [5, 5.41) is 9.07. The molecule has 0 saturated carbocycles. The summed E-state index contributed by atoms with van der Waals surface area (Å²) in [6.45, 7) is 1.38. The zero-order valence-electron chi connectivity index (χ0n) is 10.1. The van der Waals surface area contributed by atoms with E-state index in [4.69, 9.17) is 21.4 Å². The molecule has 0 aliphatic heterocycles. The lowest BCUT2D eigenvalue weighted by Gasteiger charge is -2.21. The van der Waals surface area contributed by atoms with Gasteiger partial charge in [0.2, 0.25) is 0 Å². The van der Waals surface area contributed by atoms with E-state index in [1.165, 1.54) is 6.92 Å². The Morgan fingerprint density at radius 1 is 1.33 bits per heavy atom. The summed E-state index contributed by atoms with van der Waals surface area (Å²) in [6.07, 6.45) is 0.0392. The largest absolute Gasteiger partial charge is 0.480 e. The Labute approximate surface area is 111 Å². The average Bonchev–Trinajstić information content (AvgIpc) is 2.37. The molecule has 1 N–H and O–H groups in total. The quantitative estimate of drug-likeness (QED) is 0.490. The fraction of sp³-hybridized carbons (Fsp3) is 0.385. The van der Waals surface area contributed by atoms with Gasteiger partial charge in [-0.15, -0.1) is 11.6 Å². The van der Waals surface area contributed by atoms with E-state index in [-0.39, 0.29) is 18.9 Å². The molecule has 0 spiro atoms. The van der Waals surface area contributed by atoms with Gasteiger partial charge in [-0.05, 0) is 18.9 Å². The summed E-state index contributed by atoms with van der Waals surface area (Å²) in [6, 6.07) is 9.08. The molecule has 0 aliphatic carbocycles. The van der Waals surface area contributed by atoms with Gasteiger partial charge < -0.3 is 9.84 Å². The first-order valence-electron chi connectivity index (χ1n) is 5.51. The van der Waals surface area contributed by atoms with Gasteiger partial charge in [-0.3, -0.25) is 9.59 Å². The molecule has 0 heterocycles. The molecular weight excluding hydrogens is 256 g/mol. The summed E-state index contributed by atoms with van der Waals surface area (Å²) in [7, 11) is 0. The highest BCUT2D eigenvalue weighted by Crippen LogP contribution is 2.25. The van der Waals surface area contributed by atoms with Crippen LogP contribution >= 0.6 is 11.6 Å². The van der Waals surface area contributed by atoms with Crippen molar-refractivity contribution in [2.75, 3.05) is 5.88 Å². The van der Waals surface area contributed by atoms with Crippen LogP contribution in [0.25, 0.3) is 0 Å². The van der Waals surface area contributed by atoms with Crippen LogP contribution in [-0.4, -0.2) is 22.9 Å². The third kappa shape index (κ3) is 3.47. The van der Waals surface area contributed by atoms with Gasteiger partial charge in [-0.25, -0.2) is 0 Å². The molecule has 18 heavy (non-hydrogen) atoms. The van der Waals surface area contributed by atoms with Crippen LogP contribution < -0.4 is 0 Å². The van der Waals surface area contributed by atoms with Gasteiger partial charge in [0.1, 0.15) is 6.61 Å². The number of rotatable bonds is 6. The number of alkyl halides is 1. The fourth-order valence-electron chi connectivity index (χ4n) is 1.37. The summed E-state index contributed by atoms with van der Waals surface area (Å²) in [5.41, 5.74) is -0.777. The van der Waals surface area contributed by atoms with Crippen LogP contribution in [0.2, 0.25) is 0 Å². The van der Waals surface area contributed by atoms with Crippen molar-refractivity contribution in [1.82, 2.24) is 0 Å². The number of hydrogen-bond acceptors (Lipinski definition) is 3. The van der Waals surface area contributed by atoms with E-state index < -0.39 is 17.4 Å². The zero-order chi connectivity index (χ0) is 13.6. The number of halogens is 1. The van der Waals surface area contributed by atoms with E-state index in [9.17, 15) is 9.59 Å². The highest BCUT2D eigenvalue weighted by atomic mass is 35.5. The molecule has 0 radical (unpaired) electrons. The second-order valence-electron chi connectivity index (χ2n) is 4.14. The first kappa shape index (κ1) is 14.5. The molecule has 4 nitrogen and oxygen atoms in total. The van der Waals surface area contributed by atoms with E-state index in [0.29, 0.717) is 0 Å². The van der Waals surface area contributed by atoms with Crippen molar-refractivity contribution >= 4 is 23.5 Å². The normalized spacial score (nSPS) is 13.7. The Morgan fingerprint density at radius 3 is 2.44 bits per heavy atom. The summed E-state index contributed by atoms with van der Waals surface area (Å²) in [5.74, 6) is -1.90. The molecule has 0 aromatic heterocycles. The Hall–Kier alpha value is -1.55. The van der Waals surface area contributed by atoms with E-state index >= 15 is 0 Å². The standard InChI is InChI=1S/C13H15ClO4/c1-13(7-8-14,11(15)16)12(17)18-9-10-5-3-2-4-6-10/h2-6H,7-9H2,1H3,(H,15,16). The van der Waals surface area contributed by atoms with E-state index in [1.807, 2.05) is 18.2 Å². The predicted octanol–water partition coefficient (Wildman–Crippen LogP) is 2.45. The zero-order valence-corrected chi connectivity index (χ0v) is 10.8. The molecule has 1 atom stereocenters. The summed E-state index contributed by atoms with van der Waals surface area (Å²) in [4.78, 5) is 22.9. The number of carboxylic acid groups (broad SMARTS) is 1. The number of carbonyl (C=O) groups is 2. The van der Waals surface area contributed by atoms with Crippen LogP contribution in [0.5, 0.6) is 0 Å². The second-order valence-corrected chi connectivity index (χ2v) is 4.52. The van der Waals surface area contributed by atoms with Crippen molar-refractivity contribution in [2.45, 2.75) is 20.0 Å². The van der Waals surface area contributed by atoms with Crippen LogP contribution in [0.3, 0.4) is 0 Å². The van der Waals surface area contributed by atoms with Crippen molar-refractivity contribution in [3.05, 3.63) is 35.9 Å². The maximum Gasteiger partial charge on any atom is 0.323 e. The molecule has 1 unspecified atom stereocenters. The van der Waals surface area contributed by atoms with Gasteiger partial charge >= 0.3 is 11.9 Å². The second kappa shape index (κ2) is 6.40. The molecule has 0 bridgehead atoms. The molecule has 1 aromatic carbocycles. The first-order chi connectivity index (χ1) is 8.50. The molecule has 0 saturated heterocycles. The Balaban J connectivity index is 2.66. The first-order valence-corrected chi connectivity index (χ1v) is 6.04. The summed E-state index contributed by atoms with van der Waals surface area (Å²) >= 11 is 5.52. The van der Waals surface area contributed by atoms with E-state index in [0.717, 1.165) is 5.56 Å². The lowest BCUT2D eigenvalue weighted by Crippen LogP contribution is -2.38. The van der Waals surface area contributed by atoms with Crippen molar-refractivity contribution in [3.63, 3.8) is 0 Å². The fourth-order valence-corrected chi connectivity index (χ4v) is 1.75. The summed E-state index contributed by atoms with van der Waals surface area (Å²) < 4.78 is 5.03. The SMILES string of the molecule is CC(CCCl)(C(=O)O)C(=O)OCc1ccccc1. The molecule has 1 aromatic rings. The van der Waals surface area contributed by atoms with Gasteiger partial charge in [0.05, 0.1) is 0 Å². The lowest BCUT2D eigenvalue weighted by atomic mass is 9.88. The van der Waals surface area contributed by atoms with Gasteiger partial charge in [0, 0.05) is 5.88 Å². The maximum absolute atomic E-state index is 11.8. The van der Waals surface area contributed by atoms with Crippen molar-refractivity contribution in [3.8, 4) is 0 Å². The van der Waals surface area contributed by atoms with Crippen LogP contribution in [0, 0.1) is 5.41 Å². The number of esters is 1. The number of carboxylic acids is 1. The number of carbonyl (C=O) groups excluding carboxylic acids is 1. The van der Waals surface area contributed by atoms with Crippen molar-refractivity contribution in [1.29, 1.82) is 0 Å². The van der Waals surface area contributed by atoms with E-state index in [2.05, 4.69) is 0 Å². The lowest BCUT2D eigenvalue weighted by molar-refractivity contribution is -0.168. The minimum Gasteiger partial charge on any atom is -0.480 e. The van der Waals surface area contributed by atoms with Gasteiger partial charge in [-0.1, -0.05) is 30.3 Å². The number of hydrogen-bond donors (Lipinski definition) is 1. The molecule has 98 valence electrons. The van der Waals surface area contributed by atoms with Crippen LogP contribution in [0.15, 0.2) is 30.3 Å². The van der Waals surface area contributed by atoms with E-state index in [1.54, 1.807) is 12.1 Å². The highest BCUT2D eigenvalue weighted by Gasteiger charge is 2.42. The topological polar surface area (TPSA) is 63.6 Å². The number of aliphatic carboxylic acids is 1. The molecule has 0 aliphatic rings. The number of ether oxygens (including phenoxy) is 1. The third-order valence-electron chi connectivity index (χ3n) is 2.73. The van der Waals surface area contributed by atoms with Crippen molar-refractivity contribution in [2.24, 2.45) is 5.41 Å². The Bertz CT molecular complexity index is 418.